The van der Waals surface area contributed by atoms with Gasteiger partial charge in [-0.2, -0.15) is 0 Å². The number of hydrogen-bond donors (Lipinski definition) is 1. The van der Waals surface area contributed by atoms with Crippen LogP contribution in [0.15, 0.2) is 36.4 Å². The predicted molar refractivity (Wildman–Crippen MR) is 102 cm³/mol. The van der Waals surface area contributed by atoms with Crippen LogP contribution in [0.25, 0.3) is 0 Å². The summed E-state index contributed by atoms with van der Waals surface area (Å²) in [6.45, 7) is 1.42. The van der Waals surface area contributed by atoms with E-state index in [4.69, 9.17) is 14.2 Å². The molecule has 2 aromatic carbocycles. The maximum absolute atomic E-state index is 12.7. The van der Waals surface area contributed by atoms with Crippen LogP contribution in [0.1, 0.15) is 16.7 Å². The Hall–Kier alpha value is -2.89. The van der Waals surface area contributed by atoms with Crippen LogP contribution in [0.4, 0.5) is 4.79 Å². The first-order valence-electron chi connectivity index (χ1n) is 9.19. The van der Waals surface area contributed by atoms with Crippen LogP contribution in [-0.4, -0.2) is 44.3 Å². The molecule has 0 radical (unpaired) electrons. The first-order chi connectivity index (χ1) is 13.2. The van der Waals surface area contributed by atoms with E-state index in [-0.39, 0.29) is 12.1 Å². The Balaban J connectivity index is 1.41. The van der Waals surface area contributed by atoms with Gasteiger partial charge in [0.2, 0.25) is 0 Å². The van der Waals surface area contributed by atoms with Crippen molar-refractivity contribution in [2.75, 3.05) is 27.4 Å². The molecular formula is C21H24N2O4. The van der Waals surface area contributed by atoms with Crippen molar-refractivity contribution in [2.45, 2.75) is 25.4 Å². The first-order valence-corrected chi connectivity index (χ1v) is 9.19. The largest absolute Gasteiger partial charge is 0.496 e. The van der Waals surface area contributed by atoms with Gasteiger partial charge in [-0.1, -0.05) is 24.3 Å². The molecule has 0 saturated carbocycles. The molecule has 2 aliphatic rings. The highest BCUT2D eigenvalue weighted by Crippen LogP contribution is 2.36. The van der Waals surface area contributed by atoms with Crippen molar-refractivity contribution in [3.63, 3.8) is 0 Å². The summed E-state index contributed by atoms with van der Waals surface area (Å²) in [5.74, 6) is 2.04. The maximum atomic E-state index is 12.7. The Bertz CT molecular complexity index is 827. The minimum absolute atomic E-state index is 0.0928. The van der Waals surface area contributed by atoms with Gasteiger partial charge in [-0.05, 0) is 30.0 Å². The summed E-state index contributed by atoms with van der Waals surface area (Å²) in [6, 6.07) is 12.2. The molecule has 0 bridgehead atoms. The molecule has 0 atom stereocenters. The van der Waals surface area contributed by atoms with Crippen LogP contribution in [0.2, 0.25) is 0 Å². The number of hydrogen-bond acceptors (Lipinski definition) is 4. The monoisotopic (exact) mass is 368 g/mol. The Labute approximate surface area is 159 Å². The van der Waals surface area contributed by atoms with Gasteiger partial charge in [0.05, 0.1) is 7.11 Å². The molecule has 0 aromatic heterocycles. The molecule has 0 spiro atoms. The SMILES string of the molecule is COc1cc2c(cc1CNC(=O)N(C)C1Cc3ccccc3C1)OCCO2. The van der Waals surface area contributed by atoms with Crippen molar-refractivity contribution in [1.29, 1.82) is 0 Å². The van der Waals surface area contributed by atoms with E-state index >= 15 is 0 Å². The molecule has 1 aliphatic heterocycles. The van der Waals surface area contributed by atoms with Gasteiger partial charge in [0.25, 0.3) is 0 Å². The van der Waals surface area contributed by atoms with E-state index in [1.807, 2.05) is 19.2 Å². The van der Waals surface area contributed by atoms with Crippen LogP contribution in [-0.2, 0) is 19.4 Å². The number of amides is 2. The third-order valence-electron chi connectivity index (χ3n) is 5.27. The number of carbonyl (C=O) groups excluding carboxylic acids is 1. The van der Waals surface area contributed by atoms with Crippen molar-refractivity contribution in [3.8, 4) is 17.2 Å². The summed E-state index contributed by atoms with van der Waals surface area (Å²) in [5.41, 5.74) is 3.52. The molecule has 6 heteroatoms. The number of nitrogens with one attached hydrogen (secondary N) is 1. The molecule has 4 rings (SSSR count). The highest BCUT2D eigenvalue weighted by molar-refractivity contribution is 5.74. The number of carbonyl (C=O) groups is 1. The third kappa shape index (κ3) is 3.52. The van der Waals surface area contributed by atoms with Gasteiger partial charge in [-0.15, -0.1) is 0 Å². The Kier molecular flexibility index (Phi) is 4.79. The minimum atomic E-state index is -0.0928. The summed E-state index contributed by atoms with van der Waals surface area (Å²) in [6.07, 6.45) is 1.79. The highest BCUT2D eigenvalue weighted by Gasteiger charge is 2.27. The lowest BCUT2D eigenvalue weighted by Crippen LogP contribution is -2.43. The molecule has 1 heterocycles. The predicted octanol–water partition coefficient (Wildman–Crippen LogP) is 2.78. The number of methoxy groups -OCH3 is 1. The number of ether oxygens (including phenoxy) is 3. The van der Waals surface area contributed by atoms with Gasteiger partial charge < -0.3 is 24.4 Å². The van der Waals surface area contributed by atoms with Crippen molar-refractivity contribution < 1.29 is 19.0 Å². The van der Waals surface area contributed by atoms with Crippen LogP contribution in [0, 0.1) is 0 Å². The zero-order chi connectivity index (χ0) is 18.8. The van der Waals surface area contributed by atoms with Crippen molar-refractivity contribution in [3.05, 3.63) is 53.1 Å². The molecule has 142 valence electrons. The van der Waals surface area contributed by atoms with E-state index in [9.17, 15) is 4.79 Å². The van der Waals surface area contributed by atoms with E-state index < -0.39 is 0 Å². The molecule has 2 amide bonds. The molecule has 6 nitrogen and oxygen atoms in total. The lowest BCUT2D eigenvalue weighted by molar-refractivity contribution is 0.170. The van der Waals surface area contributed by atoms with E-state index in [1.54, 1.807) is 12.0 Å². The third-order valence-corrected chi connectivity index (χ3v) is 5.27. The second kappa shape index (κ2) is 7.39. The van der Waals surface area contributed by atoms with Gasteiger partial charge in [0.1, 0.15) is 19.0 Å². The highest BCUT2D eigenvalue weighted by atomic mass is 16.6. The fourth-order valence-corrected chi connectivity index (χ4v) is 3.71. The van der Waals surface area contributed by atoms with Crippen LogP contribution >= 0.6 is 0 Å². The van der Waals surface area contributed by atoms with E-state index in [1.165, 1.54) is 11.1 Å². The van der Waals surface area contributed by atoms with Gasteiger partial charge in [-0.3, -0.25) is 0 Å². The zero-order valence-electron chi connectivity index (χ0n) is 15.7. The topological polar surface area (TPSA) is 60.0 Å². The average molecular weight is 368 g/mol. The quantitative estimate of drug-likeness (QED) is 0.902. The summed E-state index contributed by atoms with van der Waals surface area (Å²) in [4.78, 5) is 14.5. The van der Waals surface area contributed by atoms with Crippen molar-refractivity contribution in [1.82, 2.24) is 10.2 Å². The van der Waals surface area contributed by atoms with Gasteiger partial charge >= 0.3 is 6.03 Å². The fourth-order valence-electron chi connectivity index (χ4n) is 3.71. The smallest absolute Gasteiger partial charge is 0.317 e. The molecule has 2 aromatic rings. The fraction of sp³-hybridized carbons (Fsp3) is 0.381. The molecule has 0 unspecified atom stereocenters. The van der Waals surface area contributed by atoms with E-state index in [0.717, 1.165) is 18.4 Å². The van der Waals surface area contributed by atoms with Gasteiger partial charge in [-0.25, -0.2) is 4.79 Å². The number of urea groups is 1. The molecule has 0 fully saturated rings. The summed E-state index contributed by atoms with van der Waals surface area (Å²) >= 11 is 0. The number of nitrogens with zero attached hydrogens (tertiary/aromatic N) is 1. The molecule has 0 saturated heterocycles. The second-order valence-electron chi connectivity index (χ2n) is 6.91. The normalized spacial score (nSPS) is 15.2. The van der Waals surface area contributed by atoms with E-state index in [0.29, 0.717) is 37.0 Å². The van der Waals surface area contributed by atoms with Gasteiger partial charge in [0.15, 0.2) is 11.5 Å². The Morgan fingerprint density at radius 1 is 1.15 bits per heavy atom. The summed E-state index contributed by atoms with van der Waals surface area (Å²) in [7, 11) is 3.46. The van der Waals surface area contributed by atoms with E-state index in [2.05, 4.69) is 29.6 Å². The molecular weight excluding hydrogens is 344 g/mol. The van der Waals surface area contributed by atoms with Crippen molar-refractivity contribution in [2.24, 2.45) is 0 Å². The number of rotatable bonds is 4. The van der Waals surface area contributed by atoms with Crippen molar-refractivity contribution >= 4 is 6.03 Å². The summed E-state index contributed by atoms with van der Waals surface area (Å²) in [5, 5.41) is 2.99. The molecule has 27 heavy (non-hydrogen) atoms. The number of likely N-dealkylation sites (N-methyl/N-ethyl adjacent to an activating group) is 1. The zero-order valence-corrected chi connectivity index (χ0v) is 15.7. The maximum Gasteiger partial charge on any atom is 0.317 e. The molecule has 1 aliphatic carbocycles. The Morgan fingerprint density at radius 3 is 2.41 bits per heavy atom. The number of benzene rings is 2. The molecule has 1 N–H and O–H groups in total. The second-order valence-corrected chi connectivity index (χ2v) is 6.91. The number of fused-ring (bicyclic) bond motifs is 2. The summed E-state index contributed by atoms with van der Waals surface area (Å²) < 4.78 is 16.7. The average Bonchev–Trinajstić information content (AvgIpc) is 3.14. The van der Waals surface area contributed by atoms with Crippen LogP contribution in [0.5, 0.6) is 17.2 Å². The lowest BCUT2D eigenvalue weighted by Gasteiger charge is -2.25. The lowest BCUT2D eigenvalue weighted by atomic mass is 10.1. The van der Waals surface area contributed by atoms with Gasteiger partial charge in [0, 0.05) is 31.3 Å². The van der Waals surface area contributed by atoms with Crippen LogP contribution in [0.3, 0.4) is 0 Å². The minimum Gasteiger partial charge on any atom is -0.496 e. The standard InChI is InChI=1S/C21H24N2O4/c1-23(17-9-14-5-3-4-6-15(14)10-17)21(24)22-13-16-11-19-20(12-18(16)25-2)27-8-7-26-19/h3-6,11-12,17H,7-10,13H2,1-2H3,(H,22,24). The van der Waals surface area contributed by atoms with Crippen LogP contribution < -0.4 is 19.5 Å². The Morgan fingerprint density at radius 2 is 1.78 bits per heavy atom. The first kappa shape index (κ1) is 17.5.